The maximum absolute atomic E-state index is 13.2. The van der Waals surface area contributed by atoms with Crippen molar-refractivity contribution >= 4 is 39.0 Å². The monoisotopic (exact) mass is 478 g/mol. The van der Waals surface area contributed by atoms with Gasteiger partial charge >= 0.3 is 0 Å². The Balaban J connectivity index is 1.46. The molecule has 1 aliphatic heterocycles. The summed E-state index contributed by atoms with van der Waals surface area (Å²) in [7, 11) is -3.52. The Morgan fingerprint density at radius 1 is 1.26 bits per heavy atom. The zero-order valence-corrected chi connectivity index (χ0v) is 19.5. The minimum absolute atomic E-state index is 0.132. The first-order valence-corrected chi connectivity index (χ1v) is 13.3. The molecule has 1 amide bonds. The van der Waals surface area contributed by atoms with E-state index in [9.17, 15) is 13.2 Å². The van der Waals surface area contributed by atoms with Gasteiger partial charge in [0.05, 0.1) is 17.5 Å². The summed E-state index contributed by atoms with van der Waals surface area (Å²) in [5.41, 5.74) is 1.08. The van der Waals surface area contributed by atoms with Gasteiger partial charge in [0.2, 0.25) is 10.0 Å². The third-order valence-electron chi connectivity index (χ3n) is 5.07. The smallest absolute Gasteiger partial charge is 0.258 e. The van der Waals surface area contributed by atoms with E-state index in [1.165, 1.54) is 23.1 Å². The molecule has 3 aromatic heterocycles. The summed E-state index contributed by atoms with van der Waals surface area (Å²) in [6.07, 6.45) is 4.53. The molecule has 0 aromatic carbocycles. The first-order chi connectivity index (χ1) is 14.9. The number of likely N-dealkylation sites (tertiary alicyclic amines) is 1. The van der Waals surface area contributed by atoms with Crippen molar-refractivity contribution in [3.8, 4) is 11.6 Å². The molecule has 0 aliphatic carbocycles. The van der Waals surface area contributed by atoms with Gasteiger partial charge in [-0.05, 0) is 49.6 Å². The molecule has 3 aromatic rings. The van der Waals surface area contributed by atoms with Crippen LogP contribution in [0.1, 0.15) is 28.9 Å². The zero-order chi connectivity index (χ0) is 22.0. The fourth-order valence-electron chi connectivity index (χ4n) is 3.51. The van der Waals surface area contributed by atoms with Crippen molar-refractivity contribution in [1.82, 2.24) is 19.6 Å². The molecular formula is C20H22N4O4S3. The van der Waals surface area contributed by atoms with E-state index in [1.807, 2.05) is 6.26 Å². The quantitative estimate of drug-likeness (QED) is 0.427. The van der Waals surface area contributed by atoms with Gasteiger partial charge in [-0.3, -0.25) is 4.79 Å². The topological polar surface area (TPSA) is 105 Å². The molecular weight excluding hydrogens is 456 g/mol. The lowest BCUT2D eigenvalue weighted by molar-refractivity contribution is 0.0705. The third-order valence-corrected chi connectivity index (χ3v) is 8.67. The molecule has 1 fully saturated rings. The number of aryl methyl sites for hydroxylation is 1. The summed E-state index contributed by atoms with van der Waals surface area (Å²) >= 11 is 2.58. The number of hydrogen-bond acceptors (Lipinski definition) is 8. The van der Waals surface area contributed by atoms with Gasteiger partial charge in [0, 0.05) is 19.1 Å². The molecule has 0 saturated carbocycles. The summed E-state index contributed by atoms with van der Waals surface area (Å²) in [6, 6.07) is 6.65. The number of furan rings is 1. The second kappa shape index (κ2) is 9.11. The minimum Gasteiger partial charge on any atom is -0.461 e. The first kappa shape index (κ1) is 22.0. The molecule has 0 spiro atoms. The number of hydrogen-bond donors (Lipinski definition) is 1. The van der Waals surface area contributed by atoms with Gasteiger partial charge in [0.25, 0.3) is 5.91 Å². The van der Waals surface area contributed by atoms with Crippen molar-refractivity contribution in [1.29, 1.82) is 0 Å². The highest BCUT2D eigenvalue weighted by atomic mass is 32.2. The second-order valence-electron chi connectivity index (χ2n) is 7.11. The van der Waals surface area contributed by atoms with Crippen LogP contribution in [-0.4, -0.2) is 54.6 Å². The summed E-state index contributed by atoms with van der Waals surface area (Å²) in [6.45, 7) is 2.72. The molecule has 8 nitrogen and oxygen atoms in total. The highest BCUT2D eigenvalue weighted by molar-refractivity contribution is 7.98. The van der Waals surface area contributed by atoms with Crippen LogP contribution in [0.15, 0.2) is 49.6 Å². The fraction of sp³-hybridized carbons (Fsp3) is 0.350. The van der Waals surface area contributed by atoms with Crippen LogP contribution in [-0.2, 0) is 10.0 Å². The zero-order valence-electron chi connectivity index (χ0n) is 17.1. The van der Waals surface area contributed by atoms with E-state index < -0.39 is 10.0 Å². The molecule has 1 aliphatic rings. The number of thioether (sulfide) groups is 1. The molecule has 0 bridgehead atoms. The molecule has 1 saturated heterocycles. The number of carbonyl (C=O) groups is 1. The maximum atomic E-state index is 13.2. The van der Waals surface area contributed by atoms with Gasteiger partial charge < -0.3 is 9.32 Å². The van der Waals surface area contributed by atoms with Crippen molar-refractivity contribution in [3.05, 3.63) is 47.2 Å². The predicted octanol–water partition coefficient (Wildman–Crippen LogP) is 3.41. The summed E-state index contributed by atoms with van der Waals surface area (Å²) < 4.78 is 33.3. The first-order valence-electron chi connectivity index (χ1n) is 9.70. The molecule has 0 radical (unpaired) electrons. The van der Waals surface area contributed by atoms with Crippen LogP contribution in [0.2, 0.25) is 0 Å². The summed E-state index contributed by atoms with van der Waals surface area (Å²) in [5.74, 6) is 0.869. The van der Waals surface area contributed by atoms with Gasteiger partial charge in [-0.1, -0.05) is 6.07 Å². The molecule has 164 valence electrons. The average molecular weight is 479 g/mol. The summed E-state index contributed by atoms with van der Waals surface area (Å²) in [4.78, 5) is 24.0. The lowest BCUT2D eigenvalue weighted by Crippen LogP contribution is -2.46. The van der Waals surface area contributed by atoms with Crippen LogP contribution < -0.4 is 4.72 Å². The number of carbonyl (C=O) groups excluding carboxylic acids is 1. The molecule has 0 unspecified atom stereocenters. The largest absolute Gasteiger partial charge is 0.461 e. The Hall–Kier alpha value is -2.21. The molecule has 0 atom stereocenters. The third kappa shape index (κ3) is 4.69. The van der Waals surface area contributed by atoms with Crippen LogP contribution in [0.4, 0.5) is 0 Å². The Morgan fingerprint density at radius 3 is 2.65 bits per heavy atom. The Morgan fingerprint density at radius 2 is 2.03 bits per heavy atom. The van der Waals surface area contributed by atoms with Crippen LogP contribution in [0.5, 0.6) is 0 Å². The van der Waals surface area contributed by atoms with E-state index in [1.54, 1.807) is 47.7 Å². The van der Waals surface area contributed by atoms with Crippen molar-refractivity contribution in [2.75, 3.05) is 19.3 Å². The van der Waals surface area contributed by atoms with E-state index >= 15 is 0 Å². The molecule has 1 N–H and O–H groups in total. The van der Waals surface area contributed by atoms with Crippen molar-refractivity contribution < 1.29 is 17.6 Å². The van der Waals surface area contributed by atoms with E-state index in [4.69, 9.17) is 4.42 Å². The molecule has 4 heterocycles. The van der Waals surface area contributed by atoms with Crippen LogP contribution in [0.3, 0.4) is 0 Å². The predicted molar refractivity (Wildman–Crippen MR) is 120 cm³/mol. The number of nitrogens with one attached hydrogen (secondary N) is 1. The summed E-state index contributed by atoms with van der Waals surface area (Å²) in [5, 5.41) is 2.34. The lowest BCUT2D eigenvalue weighted by atomic mass is 10.0. The van der Waals surface area contributed by atoms with Gasteiger partial charge in [0.15, 0.2) is 11.6 Å². The van der Waals surface area contributed by atoms with Crippen molar-refractivity contribution in [2.24, 2.45) is 0 Å². The fourth-order valence-corrected chi connectivity index (χ4v) is 6.44. The number of piperidine rings is 1. The number of sulfonamides is 1. The van der Waals surface area contributed by atoms with Crippen molar-refractivity contribution in [3.63, 3.8) is 0 Å². The van der Waals surface area contributed by atoms with Crippen molar-refractivity contribution in [2.45, 2.75) is 35.0 Å². The number of aromatic nitrogens is 2. The number of nitrogens with zero attached hydrogens (tertiary/aromatic N) is 3. The van der Waals surface area contributed by atoms with Gasteiger partial charge in [-0.25, -0.2) is 23.1 Å². The van der Waals surface area contributed by atoms with E-state index in [0.29, 0.717) is 58.0 Å². The molecule has 4 rings (SSSR count). The molecule has 11 heteroatoms. The number of thiophene rings is 1. The van der Waals surface area contributed by atoms with E-state index in [2.05, 4.69) is 14.7 Å². The minimum atomic E-state index is -3.52. The van der Waals surface area contributed by atoms with Crippen LogP contribution in [0.25, 0.3) is 11.6 Å². The highest BCUT2D eigenvalue weighted by Crippen LogP contribution is 2.27. The van der Waals surface area contributed by atoms with Gasteiger partial charge in [-0.15, -0.1) is 23.1 Å². The van der Waals surface area contributed by atoms with Gasteiger partial charge in [-0.2, -0.15) is 0 Å². The number of amides is 1. The van der Waals surface area contributed by atoms with Crippen LogP contribution >= 0.6 is 23.1 Å². The Kier molecular flexibility index (Phi) is 6.47. The average Bonchev–Trinajstić information content (AvgIpc) is 3.47. The standard InChI is InChI=1S/C20H22N4O4S3/c1-13-17(19(29-2)22-18(21-13)15-5-3-11-28-15)20(25)24-9-7-14(8-10-24)23-31(26,27)16-6-4-12-30-16/h3-6,11-12,14,23H,7-10H2,1-2H3. The highest BCUT2D eigenvalue weighted by Gasteiger charge is 2.30. The normalized spacial score (nSPS) is 15.4. The lowest BCUT2D eigenvalue weighted by Gasteiger charge is -2.32. The molecule has 31 heavy (non-hydrogen) atoms. The Bertz CT molecular complexity index is 1150. The van der Waals surface area contributed by atoms with E-state index in [0.717, 1.165) is 0 Å². The Labute approximate surface area is 189 Å². The SMILES string of the molecule is CSc1nc(-c2ccco2)nc(C)c1C(=O)N1CCC(NS(=O)(=O)c2cccs2)CC1. The van der Waals surface area contributed by atoms with Crippen LogP contribution in [0, 0.1) is 6.92 Å². The van der Waals surface area contributed by atoms with E-state index in [-0.39, 0.29) is 11.9 Å². The maximum Gasteiger partial charge on any atom is 0.258 e. The number of rotatable bonds is 6. The second-order valence-corrected chi connectivity index (χ2v) is 10.8. The van der Waals surface area contributed by atoms with Gasteiger partial charge in [0.1, 0.15) is 9.24 Å².